The van der Waals surface area contributed by atoms with Gasteiger partial charge in [0, 0.05) is 6.04 Å². The molecule has 1 aromatic carbocycles. The van der Waals surface area contributed by atoms with E-state index >= 15 is 0 Å². The highest BCUT2D eigenvalue weighted by molar-refractivity contribution is 5.23. The Morgan fingerprint density at radius 2 is 2.14 bits per heavy atom. The zero-order valence-electron chi connectivity index (χ0n) is 8.79. The molecule has 0 aromatic heterocycles. The fourth-order valence-corrected chi connectivity index (χ4v) is 2.03. The predicted molar refractivity (Wildman–Crippen MR) is 57.0 cm³/mol. The van der Waals surface area contributed by atoms with Crippen molar-refractivity contribution in [3.05, 3.63) is 35.9 Å². The van der Waals surface area contributed by atoms with Crippen molar-refractivity contribution in [3.63, 3.8) is 0 Å². The molecule has 14 heavy (non-hydrogen) atoms. The van der Waals surface area contributed by atoms with Crippen molar-refractivity contribution in [3.8, 4) is 0 Å². The molecule has 2 heteroatoms. The molecule has 0 aliphatic carbocycles. The average Bonchev–Trinajstić information content (AvgIpc) is 2.63. The lowest BCUT2D eigenvalue weighted by Crippen LogP contribution is -2.40. The van der Waals surface area contributed by atoms with E-state index in [1.54, 1.807) is 0 Å². The first kappa shape index (κ1) is 9.69. The number of rotatable bonds is 2. The highest BCUT2D eigenvalue weighted by Gasteiger charge is 2.37. The Hall–Kier alpha value is -0.860. The molecular weight excluding hydrogens is 174 g/mol. The summed E-state index contributed by atoms with van der Waals surface area (Å²) in [5.41, 5.74) is 0.979. The van der Waals surface area contributed by atoms with Crippen LogP contribution < -0.4 is 5.32 Å². The van der Waals surface area contributed by atoms with Gasteiger partial charge in [-0.25, -0.2) is 0 Å². The maximum atomic E-state index is 5.88. The third-order valence-electron chi connectivity index (χ3n) is 2.80. The van der Waals surface area contributed by atoms with Gasteiger partial charge in [0.15, 0.2) is 0 Å². The summed E-state index contributed by atoms with van der Waals surface area (Å²) in [4.78, 5) is 0. The van der Waals surface area contributed by atoms with Crippen LogP contribution in [-0.2, 0) is 10.5 Å². The minimum atomic E-state index is -0.249. The van der Waals surface area contributed by atoms with Gasteiger partial charge >= 0.3 is 0 Å². The SMILES string of the molecule is CCC1(c2ccccc2)N[C@@H](C)CO1. The summed E-state index contributed by atoms with van der Waals surface area (Å²) in [6.45, 7) is 5.10. The standard InChI is InChI=1S/C12H17NO/c1-3-12(13-10(2)9-14-12)11-7-5-4-6-8-11/h4-8,10,13H,3,9H2,1-2H3/t10-,12?/m0/s1. The Morgan fingerprint density at radius 3 is 2.64 bits per heavy atom. The highest BCUT2D eigenvalue weighted by atomic mass is 16.5. The molecule has 0 amide bonds. The van der Waals surface area contributed by atoms with E-state index in [0.29, 0.717) is 6.04 Å². The maximum Gasteiger partial charge on any atom is 0.145 e. The van der Waals surface area contributed by atoms with Crippen molar-refractivity contribution in [2.45, 2.75) is 32.0 Å². The third-order valence-corrected chi connectivity index (χ3v) is 2.80. The van der Waals surface area contributed by atoms with Crippen LogP contribution in [0.1, 0.15) is 25.8 Å². The van der Waals surface area contributed by atoms with Gasteiger partial charge in [0.2, 0.25) is 0 Å². The fourth-order valence-electron chi connectivity index (χ4n) is 2.03. The smallest absolute Gasteiger partial charge is 0.145 e. The molecule has 1 heterocycles. The molecule has 1 unspecified atom stereocenters. The zero-order chi connectivity index (χ0) is 10.0. The van der Waals surface area contributed by atoms with Gasteiger partial charge in [0.05, 0.1) is 6.61 Å². The van der Waals surface area contributed by atoms with Crippen LogP contribution in [0.25, 0.3) is 0 Å². The van der Waals surface area contributed by atoms with Crippen LogP contribution in [0.4, 0.5) is 0 Å². The Balaban J connectivity index is 2.30. The summed E-state index contributed by atoms with van der Waals surface area (Å²) in [5.74, 6) is 0. The van der Waals surface area contributed by atoms with E-state index in [1.165, 1.54) is 5.56 Å². The van der Waals surface area contributed by atoms with Gasteiger partial charge in [-0.3, -0.25) is 5.32 Å². The molecule has 1 aliphatic rings. The highest BCUT2D eigenvalue weighted by Crippen LogP contribution is 2.30. The van der Waals surface area contributed by atoms with E-state index in [-0.39, 0.29) is 5.72 Å². The van der Waals surface area contributed by atoms with Gasteiger partial charge in [-0.15, -0.1) is 0 Å². The maximum absolute atomic E-state index is 5.88. The molecular formula is C12H17NO. The van der Waals surface area contributed by atoms with E-state index in [4.69, 9.17) is 4.74 Å². The Morgan fingerprint density at radius 1 is 1.43 bits per heavy atom. The molecule has 1 aliphatic heterocycles. The van der Waals surface area contributed by atoms with Crippen molar-refractivity contribution in [1.82, 2.24) is 5.32 Å². The van der Waals surface area contributed by atoms with Crippen LogP contribution >= 0.6 is 0 Å². The lowest BCUT2D eigenvalue weighted by atomic mass is 10.0. The van der Waals surface area contributed by atoms with Gasteiger partial charge in [-0.05, 0) is 18.9 Å². The van der Waals surface area contributed by atoms with Crippen molar-refractivity contribution in [2.24, 2.45) is 0 Å². The largest absolute Gasteiger partial charge is 0.355 e. The Bertz CT molecular complexity index is 298. The molecule has 1 aromatic rings. The van der Waals surface area contributed by atoms with Crippen LogP contribution in [-0.4, -0.2) is 12.6 Å². The van der Waals surface area contributed by atoms with Gasteiger partial charge in [-0.1, -0.05) is 37.3 Å². The van der Waals surface area contributed by atoms with Crippen molar-refractivity contribution in [1.29, 1.82) is 0 Å². The second-order valence-corrected chi connectivity index (χ2v) is 3.90. The summed E-state index contributed by atoms with van der Waals surface area (Å²) < 4.78 is 5.88. The molecule has 1 N–H and O–H groups in total. The second kappa shape index (κ2) is 3.71. The summed E-state index contributed by atoms with van der Waals surface area (Å²) in [6, 6.07) is 10.8. The summed E-state index contributed by atoms with van der Waals surface area (Å²) >= 11 is 0. The summed E-state index contributed by atoms with van der Waals surface area (Å²) in [6.07, 6.45) is 0.960. The second-order valence-electron chi connectivity index (χ2n) is 3.90. The lowest BCUT2D eigenvalue weighted by molar-refractivity contribution is -0.0179. The van der Waals surface area contributed by atoms with Gasteiger partial charge in [0.1, 0.15) is 5.72 Å². The van der Waals surface area contributed by atoms with Crippen molar-refractivity contribution in [2.75, 3.05) is 6.61 Å². The number of hydrogen-bond donors (Lipinski definition) is 1. The zero-order valence-corrected chi connectivity index (χ0v) is 8.79. The van der Waals surface area contributed by atoms with Crippen LogP contribution in [0.3, 0.4) is 0 Å². The average molecular weight is 191 g/mol. The lowest BCUT2D eigenvalue weighted by Gasteiger charge is -2.28. The molecule has 2 nitrogen and oxygen atoms in total. The quantitative estimate of drug-likeness (QED) is 0.774. The van der Waals surface area contributed by atoms with E-state index in [2.05, 4.69) is 43.4 Å². The molecule has 0 saturated carbocycles. The van der Waals surface area contributed by atoms with E-state index < -0.39 is 0 Å². The molecule has 2 atom stereocenters. The van der Waals surface area contributed by atoms with Crippen LogP contribution in [0.15, 0.2) is 30.3 Å². The van der Waals surface area contributed by atoms with Crippen LogP contribution in [0.5, 0.6) is 0 Å². The fraction of sp³-hybridized carbons (Fsp3) is 0.500. The normalized spacial score (nSPS) is 32.0. The van der Waals surface area contributed by atoms with Gasteiger partial charge < -0.3 is 4.74 Å². The molecule has 0 bridgehead atoms. The first-order valence-corrected chi connectivity index (χ1v) is 5.24. The first-order valence-electron chi connectivity index (χ1n) is 5.24. The monoisotopic (exact) mass is 191 g/mol. The number of ether oxygens (including phenoxy) is 1. The van der Waals surface area contributed by atoms with Gasteiger partial charge in [0.25, 0.3) is 0 Å². The minimum absolute atomic E-state index is 0.249. The Labute approximate surface area is 85.3 Å². The number of nitrogens with one attached hydrogen (secondary N) is 1. The minimum Gasteiger partial charge on any atom is -0.355 e. The molecule has 1 saturated heterocycles. The third kappa shape index (κ3) is 1.56. The molecule has 2 rings (SSSR count). The number of hydrogen-bond acceptors (Lipinski definition) is 2. The van der Waals surface area contributed by atoms with Crippen LogP contribution in [0.2, 0.25) is 0 Å². The van der Waals surface area contributed by atoms with E-state index in [9.17, 15) is 0 Å². The van der Waals surface area contributed by atoms with Crippen molar-refractivity contribution < 1.29 is 4.74 Å². The van der Waals surface area contributed by atoms with E-state index in [0.717, 1.165) is 13.0 Å². The predicted octanol–water partition coefficient (Wildman–Crippen LogP) is 2.26. The van der Waals surface area contributed by atoms with Crippen molar-refractivity contribution >= 4 is 0 Å². The summed E-state index contributed by atoms with van der Waals surface area (Å²) in [7, 11) is 0. The Kier molecular flexibility index (Phi) is 2.57. The first-order chi connectivity index (χ1) is 6.77. The van der Waals surface area contributed by atoms with E-state index in [1.807, 2.05) is 6.07 Å². The topological polar surface area (TPSA) is 21.3 Å². The van der Waals surface area contributed by atoms with Crippen LogP contribution in [0, 0.1) is 0 Å². The number of benzene rings is 1. The molecule has 0 radical (unpaired) electrons. The summed E-state index contributed by atoms with van der Waals surface area (Å²) in [5, 5.41) is 3.51. The molecule has 76 valence electrons. The molecule has 0 spiro atoms. The molecule has 1 fully saturated rings. The van der Waals surface area contributed by atoms with Gasteiger partial charge in [-0.2, -0.15) is 0 Å².